The minimum atomic E-state index is -3.70. The predicted molar refractivity (Wildman–Crippen MR) is 133 cm³/mol. The van der Waals surface area contributed by atoms with E-state index in [0.717, 1.165) is 62.5 Å². The highest BCUT2D eigenvalue weighted by Gasteiger charge is 2.21. The number of aryl methyl sites for hydroxylation is 1. The number of hydrogen-bond acceptors (Lipinski definition) is 6. The Morgan fingerprint density at radius 2 is 1.91 bits per heavy atom. The number of likely N-dealkylation sites (tertiary alicyclic amines) is 1. The first-order valence-electron chi connectivity index (χ1n) is 11.3. The van der Waals surface area contributed by atoms with Crippen LogP contribution >= 0.6 is 11.8 Å². The third-order valence-corrected chi connectivity index (χ3v) is 7.90. The Morgan fingerprint density at radius 1 is 1.19 bits per heavy atom. The Kier molecular flexibility index (Phi) is 9.43. The number of anilines is 1. The number of benzene rings is 2. The molecule has 0 bridgehead atoms. The first-order chi connectivity index (χ1) is 15.3. The van der Waals surface area contributed by atoms with Gasteiger partial charge in [0.1, 0.15) is 0 Å². The van der Waals surface area contributed by atoms with Gasteiger partial charge in [-0.25, -0.2) is 13.6 Å². The molecule has 6 nitrogen and oxygen atoms in total. The quantitative estimate of drug-likeness (QED) is 0.474. The maximum absolute atomic E-state index is 11.7. The van der Waals surface area contributed by atoms with Crippen LogP contribution in [0.5, 0.6) is 0 Å². The van der Waals surface area contributed by atoms with Crippen LogP contribution < -0.4 is 10.5 Å². The molecule has 0 spiro atoms. The van der Waals surface area contributed by atoms with E-state index in [1.54, 1.807) is 12.1 Å². The maximum atomic E-state index is 11.7. The zero-order valence-electron chi connectivity index (χ0n) is 19.0. The summed E-state index contributed by atoms with van der Waals surface area (Å²) in [4.78, 5) is 3.92. The lowest BCUT2D eigenvalue weighted by Gasteiger charge is -2.33. The zero-order valence-corrected chi connectivity index (χ0v) is 20.6. The van der Waals surface area contributed by atoms with Crippen molar-refractivity contribution >= 4 is 27.5 Å². The van der Waals surface area contributed by atoms with Crippen molar-refractivity contribution < 1.29 is 13.2 Å². The van der Waals surface area contributed by atoms with E-state index in [9.17, 15) is 8.42 Å². The van der Waals surface area contributed by atoms with Crippen molar-refractivity contribution in [2.24, 2.45) is 5.14 Å². The Bertz CT molecular complexity index is 946. The van der Waals surface area contributed by atoms with Gasteiger partial charge in [-0.2, -0.15) is 0 Å². The van der Waals surface area contributed by atoms with Gasteiger partial charge in [-0.05, 0) is 69.0 Å². The van der Waals surface area contributed by atoms with Gasteiger partial charge in [0.05, 0.1) is 11.0 Å². The summed E-state index contributed by atoms with van der Waals surface area (Å²) in [6.07, 6.45) is 3.60. The van der Waals surface area contributed by atoms with Crippen LogP contribution in [0.2, 0.25) is 0 Å². The SMILES string of the molecule is CCOC1CCN(CC[C@H](CSc2ccccc2)Nc2ccc(S(N)(=O)=O)cc2C)CC1. The van der Waals surface area contributed by atoms with E-state index in [1.807, 2.05) is 30.8 Å². The van der Waals surface area contributed by atoms with Gasteiger partial charge in [0, 0.05) is 48.6 Å². The highest BCUT2D eigenvalue weighted by Crippen LogP contribution is 2.24. The first-order valence-corrected chi connectivity index (χ1v) is 13.8. The second kappa shape index (κ2) is 12.0. The standard InChI is InChI=1S/C24H35N3O3S2/c1-3-30-21-12-15-27(16-13-21)14-11-20(18-31-22-7-5-4-6-8-22)26-24-10-9-23(17-19(24)2)32(25,28)29/h4-10,17,20-21,26H,3,11-16,18H2,1-2H3,(H2,25,28,29)/t20-/m1/s1. The monoisotopic (exact) mass is 477 g/mol. The van der Waals surface area contributed by atoms with E-state index in [1.165, 1.54) is 4.90 Å². The number of primary sulfonamides is 1. The molecular weight excluding hydrogens is 442 g/mol. The smallest absolute Gasteiger partial charge is 0.238 e. The van der Waals surface area contributed by atoms with Crippen molar-refractivity contribution in [3.05, 3.63) is 54.1 Å². The Labute approximate surface area is 197 Å². The number of hydrogen-bond donors (Lipinski definition) is 2. The van der Waals surface area contributed by atoms with Gasteiger partial charge in [-0.1, -0.05) is 18.2 Å². The average Bonchev–Trinajstić information content (AvgIpc) is 2.78. The van der Waals surface area contributed by atoms with Crippen molar-refractivity contribution in [3.8, 4) is 0 Å². The molecule has 0 amide bonds. The van der Waals surface area contributed by atoms with Gasteiger partial charge < -0.3 is 15.0 Å². The number of nitrogens with one attached hydrogen (secondary N) is 1. The van der Waals surface area contributed by atoms with Gasteiger partial charge >= 0.3 is 0 Å². The largest absolute Gasteiger partial charge is 0.381 e. The Morgan fingerprint density at radius 3 is 2.53 bits per heavy atom. The summed E-state index contributed by atoms with van der Waals surface area (Å²) in [5.74, 6) is 0.926. The van der Waals surface area contributed by atoms with Crippen LogP contribution in [0.4, 0.5) is 5.69 Å². The number of rotatable bonds is 11. The second-order valence-corrected chi connectivity index (χ2v) is 10.9. The minimum Gasteiger partial charge on any atom is -0.381 e. The van der Waals surface area contributed by atoms with Crippen molar-refractivity contribution in [1.29, 1.82) is 0 Å². The lowest BCUT2D eigenvalue weighted by atomic mass is 10.1. The molecule has 2 aromatic rings. The van der Waals surface area contributed by atoms with Crippen LogP contribution in [-0.4, -0.2) is 57.5 Å². The zero-order chi connectivity index (χ0) is 23.0. The summed E-state index contributed by atoms with van der Waals surface area (Å²) < 4.78 is 29.1. The van der Waals surface area contributed by atoms with E-state index in [0.29, 0.717) is 6.10 Å². The molecule has 1 aliphatic heterocycles. The predicted octanol–water partition coefficient (Wildman–Crippen LogP) is 4.11. The molecule has 3 N–H and O–H groups in total. The number of nitrogens with zero attached hydrogens (tertiary/aromatic N) is 1. The topological polar surface area (TPSA) is 84.7 Å². The van der Waals surface area contributed by atoms with Crippen LogP contribution in [0.15, 0.2) is 58.3 Å². The Balaban J connectivity index is 1.63. The molecule has 1 aliphatic rings. The molecule has 1 saturated heterocycles. The fourth-order valence-electron chi connectivity index (χ4n) is 3.98. The number of sulfonamides is 1. The van der Waals surface area contributed by atoms with Crippen LogP contribution in [0.1, 0.15) is 31.7 Å². The second-order valence-electron chi connectivity index (χ2n) is 8.27. The van der Waals surface area contributed by atoms with E-state index in [2.05, 4.69) is 41.4 Å². The third-order valence-electron chi connectivity index (χ3n) is 5.81. The van der Waals surface area contributed by atoms with E-state index in [4.69, 9.17) is 9.88 Å². The fraction of sp³-hybridized carbons (Fsp3) is 0.500. The van der Waals surface area contributed by atoms with Crippen LogP contribution in [0, 0.1) is 6.92 Å². The number of piperidine rings is 1. The van der Waals surface area contributed by atoms with Gasteiger partial charge in [0.25, 0.3) is 0 Å². The summed E-state index contributed by atoms with van der Waals surface area (Å²) in [7, 11) is -3.70. The minimum absolute atomic E-state index is 0.146. The van der Waals surface area contributed by atoms with E-state index in [-0.39, 0.29) is 10.9 Å². The van der Waals surface area contributed by atoms with Gasteiger partial charge in [-0.3, -0.25) is 0 Å². The third kappa shape index (κ3) is 7.78. The van der Waals surface area contributed by atoms with Gasteiger partial charge in [0.15, 0.2) is 0 Å². The average molecular weight is 478 g/mol. The molecule has 0 aliphatic carbocycles. The molecule has 32 heavy (non-hydrogen) atoms. The van der Waals surface area contributed by atoms with Crippen LogP contribution in [0.3, 0.4) is 0 Å². The number of ether oxygens (including phenoxy) is 1. The molecule has 8 heteroatoms. The molecular formula is C24H35N3O3S2. The summed E-state index contributed by atoms with van der Waals surface area (Å²) in [5, 5.41) is 8.94. The maximum Gasteiger partial charge on any atom is 0.238 e. The molecule has 2 aromatic carbocycles. The van der Waals surface area contributed by atoms with E-state index < -0.39 is 10.0 Å². The Hall–Kier alpha value is -1.58. The van der Waals surface area contributed by atoms with Crippen molar-refractivity contribution in [3.63, 3.8) is 0 Å². The summed E-state index contributed by atoms with van der Waals surface area (Å²) in [5.41, 5.74) is 1.83. The molecule has 0 radical (unpaired) electrons. The molecule has 1 fully saturated rings. The fourth-order valence-corrected chi connectivity index (χ4v) is 5.57. The van der Waals surface area contributed by atoms with Crippen molar-refractivity contribution in [2.45, 2.75) is 55.0 Å². The summed E-state index contributed by atoms with van der Waals surface area (Å²) in [6.45, 7) is 7.94. The highest BCUT2D eigenvalue weighted by molar-refractivity contribution is 7.99. The molecule has 1 atom stereocenters. The van der Waals surface area contributed by atoms with Gasteiger partial charge in [-0.15, -0.1) is 11.8 Å². The normalized spacial score (nSPS) is 16.7. The lowest BCUT2D eigenvalue weighted by Crippen LogP contribution is -2.39. The van der Waals surface area contributed by atoms with Crippen molar-refractivity contribution in [1.82, 2.24) is 4.90 Å². The molecule has 3 rings (SSSR count). The highest BCUT2D eigenvalue weighted by atomic mass is 32.2. The summed E-state index contributed by atoms with van der Waals surface area (Å²) >= 11 is 1.84. The molecule has 1 heterocycles. The number of thioether (sulfide) groups is 1. The lowest BCUT2D eigenvalue weighted by molar-refractivity contribution is 0.0140. The van der Waals surface area contributed by atoms with E-state index >= 15 is 0 Å². The van der Waals surface area contributed by atoms with Crippen LogP contribution in [-0.2, 0) is 14.8 Å². The molecule has 176 valence electrons. The molecule has 0 saturated carbocycles. The first kappa shape index (κ1) is 25.1. The van der Waals surface area contributed by atoms with Crippen LogP contribution in [0.25, 0.3) is 0 Å². The molecule has 0 aromatic heterocycles. The number of nitrogens with two attached hydrogens (primary N) is 1. The summed E-state index contributed by atoms with van der Waals surface area (Å²) in [6, 6.07) is 15.7. The van der Waals surface area contributed by atoms with Crippen molar-refractivity contribution in [2.75, 3.05) is 37.3 Å². The molecule has 0 unspecified atom stereocenters. The van der Waals surface area contributed by atoms with Gasteiger partial charge in [0.2, 0.25) is 10.0 Å².